The zero-order valence-corrected chi connectivity index (χ0v) is 17.1. The van der Waals surface area contributed by atoms with Crippen LogP contribution in [0.15, 0.2) is 15.7 Å². The van der Waals surface area contributed by atoms with Gasteiger partial charge in [0.05, 0.1) is 18.0 Å². The van der Waals surface area contributed by atoms with E-state index in [2.05, 4.69) is 4.37 Å². The quantitative estimate of drug-likeness (QED) is 0.679. The smallest absolute Gasteiger partial charge is 0.271 e. The predicted molar refractivity (Wildman–Crippen MR) is 113 cm³/mol. The molecule has 0 spiro atoms. The monoisotopic (exact) mass is 418 g/mol. The molecule has 3 aromatic rings. The largest absolute Gasteiger partial charge is 0.492 e. The molecule has 1 aliphatic carbocycles. The fraction of sp³-hybridized carbons (Fsp3) is 0.500. The van der Waals surface area contributed by atoms with E-state index in [1.54, 1.807) is 0 Å². The molecular weight excluding hydrogens is 395 g/mol. The average molecular weight is 418 g/mol. The number of nitrogens with zero attached hydrogens (tertiary/aromatic N) is 2. The van der Waals surface area contributed by atoms with E-state index >= 15 is 4.39 Å². The van der Waals surface area contributed by atoms with Crippen molar-refractivity contribution in [3.05, 3.63) is 32.5 Å². The van der Waals surface area contributed by atoms with Gasteiger partial charge in [-0.05, 0) is 49.7 Å². The molecule has 2 aliphatic rings. The summed E-state index contributed by atoms with van der Waals surface area (Å²) in [5.74, 6) is 0.125. The molecule has 3 N–H and O–H groups in total. The molecule has 2 aromatic heterocycles. The molecule has 9 heteroatoms. The van der Waals surface area contributed by atoms with Crippen LogP contribution >= 0.6 is 11.5 Å². The van der Waals surface area contributed by atoms with E-state index in [9.17, 15) is 9.59 Å². The number of aromatic nitrogens is 2. The van der Waals surface area contributed by atoms with Crippen molar-refractivity contribution in [1.29, 1.82) is 0 Å². The maximum Gasteiger partial charge on any atom is 0.271 e. The fourth-order valence-electron chi connectivity index (χ4n) is 4.51. The van der Waals surface area contributed by atoms with Gasteiger partial charge in [-0.25, -0.2) is 4.39 Å². The third-order valence-electron chi connectivity index (χ3n) is 6.20. The van der Waals surface area contributed by atoms with E-state index < -0.39 is 16.8 Å². The van der Waals surface area contributed by atoms with Crippen molar-refractivity contribution in [2.24, 2.45) is 11.7 Å². The number of nitrogens with one attached hydrogen (secondary N) is 1. The second-order valence-electron chi connectivity index (χ2n) is 8.13. The molecule has 1 aromatic carbocycles. The molecule has 0 bridgehead atoms. The fourth-order valence-corrected chi connectivity index (χ4v) is 5.42. The minimum Gasteiger partial charge on any atom is -0.492 e. The Morgan fingerprint density at radius 2 is 2.10 bits per heavy atom. The molecule has 154 valence electrons. The molecule has 5 rings (SSSR count). The molecule has 1 saturated heterocycles. The molecule has 2 atom stereocenters. The Morgan fingerprint density at radius 3 is 2.72 bits per heavy atom. The van der Waals surface area contributed by atoms with Gasteiger partial charge in [0.15, 0.2) is 11.6 Å². The van der Waals surface area contributed by atoms with Crippen molar-refractivity contribution in [2.45, 2.75) is 38.3 Å². The zero-order valence-electron chi connectivity index (χ0n) is 16.3. The summed E-state index contributed by atoms with van der Waals surface area (Å²) in [6, 6.07) is 1.47. The summed E-state index contributed by atoms with van der Waals surface area (Å²) in [4.78, 5) is 27.9. The van der Waals surface area contributed by atoms with Crippen LogP contribution in [0.4, 0.5) is 10.1 Å². The van der Waals surface area contributed by atoms with Crippen LogP contribution in [-0.4, -0.2) is 35.2 Å². The number of halogens is 1. The highest BCUT2D eigenvalue weighted by molar-refractivity contribution is 7.12. The summed E-state index contributed by atoms with van der Waals surface area (Å²) < 4.78 is 25.7. The summed E-state index contributed by atoms with van der Waals surface area (Å²) in [7, 11) is 1.50. The van der Waals surface area contributed by atoms with Gasteiger partial charge in [-0.3, -0.25) is 14.0 Å². The second kappa shape index (κ2) is 6.56. The van der Waals surface area contributed by atoms with Crippen LogP contribution in [0.2, 0.25) is 0 Å². The summed E-state index contributed by atoms with van der Waals surface area (Å²) in [5, 5.41) is 0.288. The van der Waals surface area contributed by atoms with Crippen LogP contribution in [0.25, 0.3) is 21.1 Å². The number of hydrogen-bond acceptors (Lipinski definition) is 6. The predicted octanol–water partition coefficient (Wildman–Crippen LogP) is 2.56. The van der Waals surface area contributed by atoms with Crippen LogP contribution in [0.5, 0.6) is 5.75 Å². The van der Waals surface area contributed by atoms with Crippen molar-refractivity contribution in [2.75, 3.05) is 25.1 Å². The minimum absolute atomic E-state index is 0.0240. The molecule has 2 fully saturated rings. The topological polar surface area (TPSA) is 93.3 Å². The zero-order chi connectivity index (χ0) is 20.4. The van der Waals surface area contributed by atoms with Gasteiger partial charge < -0.3 is 19.9 Å². The molecular formula is C20H23FN4O3S. The van der Waals surface area contributed by atoms with Crippen LogP contribution in [0.1, 0.15) is 32.2 Å². The number of methoxy groups -OCH3 is 1. The molecule has 7 nitrogen and oxygen atoms in total. The SMILES string of the molecule is COc1c(N2CC[C@@H]([C@@H](C)N)C2)c(F)cc2c(=O)c3c(=O)[nH]sc3n(C3CC3)c12. The van der Waals surface area contributed by atoms with Gasteiger partial charge in [0.1, 0.15) is 15.9 Å². The maximum atomic E-state index is 15.3. The first-order chi connectivity index (χ1) is 13.9. The summed E-state index contributed by atoms with van der Waals surface area (Å²) >= 11 is 1.15. The lowest BCUT2D eigenvalue weighted by molar-refractivity contribution is 0.413. The Bertz CT molecular complexity index is 1240. The van der Waals surface area contributed by atoms with Crippen molar-refractivity contribution < 1.29 is 9.13 Å². The highest BCUT2D eigenvalue weighted by Gasteiger charge is 2.34. The van der Waals surface area contributed by atoms with Crippen LogP contribution in [0, 0.1) is 11.7 Å². The number of pyridine rings is 1. The Kier molecular flexibility index (Phi) is 4.22. The number of hydrogen-bond donors (Lipinski definition) is 2. The standard InChI is InChI=1S/C20H23FN4O3S/c1-9(22)10-5-6-24(8-10)16-13(21)7-12-15(18(16)28-2)25(11-3-4-11)20-14(17(12)26)19(27)23-29-20/h7,9-11H,3-6,8,22H2,1-2H3,(H,23,27)/t9-,10-/m1/s1. The first-order valence-electron chi connectivity index (χ1n) is 9.88. The van der Waals surface area contributed by atoms with Gasteiger partial charge in [0.25, 0.3) is 5.56 Å². The van der Waals surface area contributed by atoms with Crippen LogP contribution in [0.3, 0.4) is 0 Å². The number of nitrogens with two attached hydrogens (primary N) is 1. The molecule has 0 radical (unpaired) electrons. The Labute approximate surface area is 170 Å². The van der Waals surface area contributed by atoms with Gasteiger partial charge in [-0.2, -0.15) is 0 Å². The third-order valence-corrected chi connectivity index (χ3v) is 7.08. The number of anilines is 1. The van der Waals surface area contributed by atoms with Crippen molar-refractivity contribution in [3.8, 4) is 5.75 Å². The highest BCUT2D eigenvalue weighted by Crippen LogP contribution is 2.46. The summed E-state index contributed by atoms with van der Waals surface area (Å²) in [5.41, 5.74) is 6.14. The summed E-state index contributed by atoms with van der Waals surface area (Å²) in [6.45, 7) is 3.29. The lowest BCUT2D eigenvalue weighted by Crippen LogP contribution is -2.30. The number of H-pyrrole nitrogens is 1. The van der Waals surface area contributed by atoms with E-state index in [-0.39, 0.29) is 28.8 Å². The van der Waals surface area contributed by atoms with Crippen LogP contribution < -0.4 is 26.4 Å². The number of fused-ring (bicyclic) bond motifs is 2. The van der Waals surface area contributed by atoms with E-state index in [0.717, 1.165) is 30.8 Å². The first-order valence-corrected chi connectivity index (χ1v) is 10.7. The number of rotatable bonds is 4. The van der Waals surface area contributed by atoms with E-state index in [4.69, 9.17) is 10.5 Å². The van der Waals surface area contributed by atoms with E-state index in [1.165, 1.54) is 13.2 Å². The van der Waals surface area contributed by atoms with Crippen molar-refractivity contribution in [1.82, 2.24) is 8.94 Å². The highest BCUT2D eigenvalue weighted by atomic mass is 32.1. The van der Waals surface area contributed by atoms with Crippen LogP contribution in [-0.2, 0) is 0 Å². The summed E-state index contributed by atoms with van der Waals surface area (Å²) in [6.07, 6.45) is 2.78. The van der Waals surface area contributed by atoms with Gasteiger partial charge in [0.2, 0.25) is 5.43 Å². The molecule has 3 heterocycles. The van der Waals surface area contributed by atoms with Gasteiger partial charge in [-0.1, -0.05) is 0 Å². The Morgan fingerprint density at radius 1 is 1.34 bits per heavy atom. The van der Waals surface area contributed by atoms with E-state index in [0.29, 0.717) is 34.9 Å². The molecule has 1 saturated carbocycles. The molecule has 29 heavy (non-hydrogen) atoms. The van der Waals surface area contributed by atoms with E-state index in [1.807, 2.05) is 16.4 Å². The van der Waals surface area contributed by atoms with Crippen molar-refractivity contribution in [3.63, 3.8) is 0 Å². The number of ether oxygens (including phenoxy) is 1. The molecule has 1 aliphatic heterocycles. The first kappa shape index (κ1) is 18.6. The minimum atomic E-state index is -0.509. The number of benzene rings is 1. The third kappa shape index (κ3) is 2.71. The number of aromatic amines is 1. The molecule has 0 unspecified atom stereocenters. The Balaban J connectivity index is 1.84. The lowest BCUT2D eigenvalue weighted by Gasteiger charge is -2.25. The normalized spacial score (nSPS) is 20.7. The maximum absolute atomic E-state index is 15.3. The van der Waals surface area contributed by atoms with Gasteiger partial charge >= 0.3 is 0 Å². The Hall–Kier alpha value is -2.39. The second-order valence-corrected chi connectivity index (χ2v) is 8.93. The van der Waals surface area contributed by atoms with Gasteiger partial charge in [0, 0.05) is 25.2 Å². The lowest BCUT2D eigenvalue weighted by atomic mass is 10.0. The average Bonchev–Trinajstić information content (AvgIpc) is 3.26. The van der Waals surface area contributed by atoms with Crippen molar-refractivity contribution >= 4 is 38.3 Å². The van der Waals surface area contributed by atoms with Gasteiger partial charge in [-0.15, -0.1) is 0 Å². The molecule has 0 amide bonds.